The molecule has 3 N–H and O–H groups in total. The second-order valence-corrected chi connectivity index (χ2v) is 4.97. The van der Waals surface area contributed by atoms with Crippen LogP contribution in [-0.4, -0.2) is 21.3 Å². The largest absolute Gasteiger partial charge is 0.384 e. The van der Waals surface area contributed by atoms with Crippen LogP contribution in [0.5, 0.6) is 0 Å². The average Bonchev–Trinajstić information content (AvgIpc) is 2.74. The first kappa shape index (κ1) is 14.4. The quantitative estimate of drug-likeness (QED) is 0.471. The molecule has 1 aromatic carbocycles. The van der Waals surface area contributed by atoms with E-state index in [0.29, 0.717) is 5.56 Å². The predicted molar refractivity (Wildman–Crippen MR) is 79.6 cm³/mol. The molecule has 0 aliphatic carbocycles. The molecule has 0 bridgehead atoms. The smallest absolute Gasteiger partial charge is 0.293 e. The normalized spacial score (nSPS) is 12.9. The number of hydrogen-bond donors (Lipinski definition) is 2. The minimum atomic E-state index is -0.743. The zero-order valence-electron chi connectivity index (χ0n) is 11.8. The van der Waals surface area contributed by atoms with E-state index in [1.807, 2.05) is 5.32 Å². The van der Waals surface area contributed by atoms with Gasteiger partial charge in [-0.25, -0.2) is 0 Å². The molecule has 1 aliphatic rings. The number of nitrogens with one attached hydrogen (secondary N) is 1. The summed E-state index contributed by atoms with van der Waals surface area (Å²) in [7, 11) is 0. The number of anilines is 1. The summed E-state index contributed by atoms with van der Waals surface area (Å²) in [4.78, 5) is 46.4. The number of nitrogens with two attached hydrogens (primary N) is 1. The van der Waals surface area contributed by atoms with Crippen molar-refractivity contribution in [3.63, 3.8) is 0 Å². The lowest BCUT2D eigenvalue weighted by atomic mass is 10.1. The lowest BCUT2D eigenvalue weighted by Crippen LogP contribution is -2.25. The minimum Gasteiger partial charge on any atom is -0.384 e. The van der Waals surface area contributed by atoms with Crippen LogP contribution in [0.1, 0.15) is 26.3 Å². The van der Waals surface area contributed by atoms with E-state index in [9.17, 15) is 24.5 Å². The Morgan fingerprint density at radius 3 is 2.57 bits per heavy atom. The Labute approximate surface area is 128 Å². The molecule has 2 amide bonds. The Kier molecular flexibility index (Phi) is 2.99. The van der Waals surface area contributed by atoms with Crippen LogP contribution < -0.4 is 16.6 Å². The summed E-state index contributed by atoms with van der Waals surface area (Å²) in [5.41, 5.74) is 4.92. The number of hydrogen-bond acceptors (Lipinski definition) is 6. The van der Waals surface area contributed by atoms with Gasteiger partial charge in [-0.3, -0.25) is 34.4 Å². The zero-order chi connectivity index (χ0) is 16.9. The third-order valence-corrected chi connectivity index (χ3v) is 3.59. The van der Waals surface area contributed by atoms with Crippen LogP contribution in [0.15, 0.2) is 29.1 Å². The van der Waals surface area contributed by atoms with E-state index >= 15 is 0 Å². The molecule has 0 fully saturated rings. The van der Waals surface area contributed by atoms with Gasteiger partial charge in [-0.15, -0.1) is 0 Å². The predicted octanol–water partition coefficient (Wildman–Crippen LogP) is 0.520. The fraction of sp³-hybridized carbons (Fsp3) is 0.0714. The number of amides is 2. The molecule has 116 valence electrons. The number of benzene rings is 1. The van der Waals surface area contributed by atoms with E-state index in [0.717, 1.165) is 10.6 Å². The summed E-state index contributed by atoms with van der Waals surface area (Å²) in [6, 6.07) is 5.23. The summed E-state index contributed by atoms with van der Waals surface area (Å²) < 4.78 is 0.879. The second kappa shape index (κ2) is 4.77. The average molecular weight is 314 g/mol. The molecule has 0 saturated heterocycles. The van der Waals surface area contributed by atoms with E-state index < -0.39 is 22.3 Å². The topological polar surface area (TPSA) is 137 Å². The first-order chi connectivity index (χ1) is 10.8. The standard InChI is InChI=1S/C14H10N4O5/c1-6-3-2-4-8(18(22)23)11(6)17-9(19)5-7-10(12(17)15)14(21)16-13(7)20/h2-5H,15H2,1H3,(H,16,20,21). The number of fused-ring (bicyclic) bond motifs is 1. The van der Waals surface area contributed by atoms with Gasteiger partial charge in [0.05, 0.1) is 16.1 Å². The highest BCUT2D eigenvalue weighted by molar-refractivity contribution is 6.23. The van der Waals surface area contributed by atoms with E-state index in [4.69, 9.17) is 5.73 Å². The number of nitrogen functional groups attached to an aromatic ring is 1. The fourth-order valence-electron chi connectivity index (χ4n) is 2.59. The van der Waals surface area contributed by atoms with Crippen LogP contribution in [0.4, 0.5) is 11.5 Å². The van der Waals surface area contributed by atoms with Crippen LogP contribution >= 0.6 is 0 Å². The summed E-state index contributed by atoms with van der Waals surface area (Å²) in [6.07, 6.45) is 0. The molecule has 0 saturated carbocycles. The number of nitro benzene ring substituents is 1. The number of pyridine rings is 1. The third kappa shape index (κ3) is 1.98. The molecule has 9 nitrogen and oxygen atoms in total. The van der Waals surface area contributed by atoms with Crippen LogP contribution in [0.25, 0.3) is 5.69 Å². The van der Waals surface area contributed by atoms with Gasteiger partial charge in [0, 0.05) is 12.1 Å². The molecule has 1 aliphatic heterocycles. The summed E-state index contributed by atoms with van der Waals surface area (Å²) >= 11 is 0. The Morgan fingerprint density at radius 1 is 1.22 bits per heavy atom. The molecule has 0 spiro atoms. The number of rotatable bonds is 2. The number of aryl methyl sites for hydroxylation is 1. The van der Waals surface area contributed by atoms with Gasteiger partial charge >= 0.3 is 0 Å². The number of carbonyl (C=O) groups is 2. The zero-order valence-corrected chi connectivity index (χ0v) is 11.8. The monoisotopic (exact) mass is 314 g/mol. The summed E-state index contributed by atoms with van der Waals surface area (Å²) in [5, 5.41) is 13.3. The van der Waals surface area contributed by atoms with Crippen molar-refractivity contribution in [1.82, 2.24) is 9.88 Å². The Bertz CT molecular complexity index is 960. The van der Waals surface area contributed by atoms with Gasteiger partial charge in [-0.05, 0) is 12.5 Å². The van der Waals surface area contributed by atoms with Crippen LogP contribution in [-0.2, 0) is 0 Å². The van der Waals surface area contributed by atoms with Crippen molar-refractivity contribution in [3.8, 4) is 5.69 Å². The molecule has 0 radical (unpaired) electrons. The number of aromatic nitrogens is 1. The van der Waals surface area contributed by atoms with Crippen molar-refractivity contribution in [2.24, 2.45) is 0 Å². The van der Waals surface area contributed by atoms with Gasteiger partial charge < -0.3 is 5.73 Å². The van der Waals surface area contributed by atoms with Crippen molar-refractivity contribution in [3.05, 3.63) is 61.4 Å². The van der Waals surface area contributed by atoms with Crippen molar-refractivity contribution < 1.29 is 14.5 Å². The van der Waals surface area contributed by atoms with E-state index in [1.54, 1.807) is 13.0 Å². The van der Waals surface area contributed by atoms with Crippen LogP contribution in [0, 0.1) is 17.0 Å². The molecule has 9 heteroatoms. The van der Waals surface area contributed by atoms with Crippen molar-refractivity contribution in [2.75, 3.05) is 5.73 Å². The molecule has 3 rings (SSSR count). The van der Waals surface area contributed by atoms with Gasteiger partial charge in [0.1, 0.15) is 11.5 Å². The van der Waals surface area contributed by atoms with E-state index in [2.05, 4.69) is 0 Å². The Morgan fingerprint density at radius 2 is 1.91 bits per heavy atom. The highest BCUT2D eigenvalue weighted by atomic mass is 16.6. The second-order valence-electron chi connectivity index (χ2n) is 4.97. The van der Waals surface area contributed by atoms with Crippen molar-refractivity contribution in [2.45, 2.75) is 6.92 Å². The molecule has 0 unspecified atom stereocenters. The third-order valence-electron chi connectivity index (χ3n) is 3.59. The maximum atomic E-state index is 12.3. The highest BCUT2D eigenvalue weighted by Gasteiger charge is 2.33. The lowest BCUT2D eigenvalue weighted by Gasteiger charge is -2.14. The summed E-state index contributed by atoms with van der Waals surface area (Å²) in [5.74, 6) is -1.78. The first-order valence-corrected chi connectivity index (χ1v) is 6.48. The van der Waals surface area contributed by atoms with Gasteiger partial charge in [-0.2, -0.15) is 0 Å². The van der Waals surface area contributed by atoms with Crippen LogP contribution in [0.2, 0.25) is 0 Å². The SMILES string of the molecule is Cc1cccc([N+](=O)[O-])c1-n1c(N)c2c(cc1=O)C(=O)NC2=O. The molecule has 2 aromatic rings. The molecular weight excluding hydrogens is 304 g/mol. The molecular formula is C14H10N4O5. The fourth-order valence-corrected chi connectivity index (χ4v) is 2.59. The lowest BCUT2D eigenvalue weighted by molar-refractivity contribution is -0.384. The number of imide groups is 1. The molecule has 0 atom stereocenters. The van der Waals surface area contributed by atoms with Crippen molar-refractivity contribution in [1.29, 1.82) is 0 Å². The van der Waals surface area contributed by atoms with E-state index in [1.165, 1.54) is 12.1 Å². The van der Waals surface area contributed by atoms with Gasteiger partial charge in [0.25, 0.3) is 23.1 Å². The maximum Gasteiger partial charge on any atom is 0.293 e. The van der Waals surface area contributed by atoms with Gasteiger partial charge in [0.2, 0.25) is 0 Å². The number of para-hydroxylation sites is 1. The molecule has 23 heavy (non-hydrogen) atoms. The number of nitrogens with zero attached hydrogens (tertiary/aromatic N) is 2. The van der Waals surface area contributed by atoms with Gasteiger partial charge in [-0.1, -0.05) is 12.1 Å². The minimum absolute atomic E-state index is 0.0325. The molecule has 1 aromatic heterocycles. The van der Waals surface area contributed by atoms with Crippen LogP contribution in [0.3, 0.4) is 0 Å². The van der Waals surface area contributed by atoms with Crippen molar-refractivity contribution >= 4 is 23.3 Å². The molecule has 2 heterocycles. The Balaban J connectivity index is 2.43. The van der Waals surface area contributed by atoms with Gasteiger partial charge in [0.15, 0.2) is 0 Å². The number of nitro groups is 1. The first-order valence-electron chi connectivity index (χ1n) is 6.48. The summed E-state index contributed by atoms with van der Waals surface area (Å²) in [6.45, 7) is 1.58. The van der Waals surface area contributed by atoms with E-state index in [-0.39, 0.29) is 28.3 Å². The Hall–Kier alpha value is -3.49. The highest BCUT2D eigenvalue weighted by Crippen LogP contribution is 2.29. The number of carbonyl (C=O) groups excluding carboxylic acids is 2. The maximum absolute atomic E-state index is 12.3.